The minimum Gasteiger partial charge on any atom is -0.350 e. The molecule has 0 atom stereocenters. The molecule has 126 valence electrons. The smallest absolute Gasteiger partial charge is 0.270 e. The van der Waals surface area contributed by atoms with Gasteiger partial charge in [-0.1, -0.05) is 6.92 Å². The summed E-state index contributed by atoms with van der Waals surface area (Å²) < 4.78 is 0. The minimum absolute atomic E-state index is 0.0812. The summed E-state index contributed by atoms with van der Waals surface area (Å²) in [7, 11) is 0. The molecule has 0 fully saturated rings. The van der Waals surface area contributed by atoms with Gasteiger partial charge in [0.05, 0.1) is 22.7 Å². The first-order valence-electron chi connectivity index (χ1n) is 8.28. The van der Waals surface area contributed by atoms with Gasteiger partial charge >= 0.3 is 0 Å². The van der Waals surface area contributed by atoms with E-state index in [9.17, 15) is 10.1 Å². The molecule has 25 heavy (non-hydrogen) atoms. The Hall–Kier alpha value is -3.09. The van der Waals surface area contributed by atoms with Crippen LogP contribution in [0.25, 0.3) is 10.9 Å². The first kappa shape index (κ1) is 15.4. The number of benzene rings is 1. The van der Waals surface area contributed by atoms with E-state index in [-0.39, 0.29) is 10.6 Å². The Labute approximate surface area is 144 Å². The van der Waals surface area contributed by atoms with Crippen LogP contribution in [0.1, 0.15) is 24.0 Å². The van der Waals surface area contributed by atoms with Crippen LogP contribution in [0, 0.1) is 10.1 Å². The maximum absolute atomic E-state index is 10.9. The van der Waals surface area contributed by atoms with Gasteiger partial charge in [-0.15, -0.1) is 0 Å². The monoisotopic (exact) mass is 335 g/mol. The lowest BCUT2D eigenvalue weighted by atomic mass is 10.1. The molecule has 4 rings (SSSR count). The van der Waals surface area contributed by atoms with Crippen molar-refractivity contribution in [3.63, 3.8) is 0 Å². The topological polar surface area (TPSA) is 85.0 Å². The van der Waals surface area contributed by atoms with E-state index in [0.717, 1.165) is 47.6 Å². The van der Waals surface area contributed by atoms with Crippen LogP contribution < -0.4 is 4.90 Å². The Morgan fingerprint density at radius 3 is 2.92 bits per heavy atom. The number of aromatic nitrogens is 3. The summed E-state index contributed by atoms with van der Waals surface area (Å²) in [6.45, 7) is 3.61. The Morgan fingerprint density at radius 2 is 2.12 bits per heavy atom. The molecule has 1 aliphatic heterocycles. The molecule has 3 heterocycles. The summed E-state index contributed by atoms with van der Waals surface area (Å²) in [4.78, 5) is 26.4. The molecule has 0 saturated carbocycles. The maximum atomic E-state index is 10.9. The molecular formula is C18H17N5O2. The van der Waals surface area contributed by atoms with Crippen molar-refractivity contribution in [1.29, 1.82) is 0 Å². The average molecular weight is 335 g/mol. The van der Waals surface area contributed by atoms with E-state index in [0.29, 0.717) is 6.54 Å². The average Bonchev–Trinajstić information content (AvgIpc) is 2.66. The van der Waals surface area contributed by atoms with Gasteiger partial charge in [0.2, 0.25) is 0 Å². The third kappa shape index (κ3) is 2.88. The number of anilines is 1. The van der Waals surface area contributed by atoms with Gasteiger partial charge in [0.15, 0.2) is 0 Å². The number of hydrogen-bond acceptors (Lipinski definition) is 6. The zero-order valence-electron chi connectivity index (χ0n) is 13.8. The SMILES string of the molecule is CCc1ncc2c(n1)CN(c1ccc3cc([N+](=O)[O-])ccc3n1)CC2. The summed E-state index contributed by atoms with van der Waals surface area (Å²) in [5.41, 5.74) is 3.09. The van der Waals surface area contributed by atoms with E-state index >= 15 is 0 Å². The molecule has 0 saturated heterocycles. The van der Waals surface area contributed by atoms with Gasteiger partial charge in [-0.25, -0.2) is 15.0 Å². The highest BCUT2D eigenvalue weighted by molar-refractivity contribution is 5.82. The van der Waals surface area contributed by atoms with Crippen molar-refractivity contribution in [1.82, 2.24) is 15.0 Å². The van der Waals surface area contributed by atoms with Gasteiger partial charge in [0.1, 0.15) is 11.6 Å². The highest BCUT2D eigenvalue weighted by atomic mass is 16.6. The highest BCUT2D eigenvalue weighted by Gasteiger charge is 2.20. The second-order valence-electron chi connectivity index (χ2n) is 6.09. The third-order valence-corrected chi connectivity index (χ3v) is 4.50. The molecule has 3 aromatic rings. The molecule has 0 N–H and O–H groups in total. The van der Waals surface area contributed by atoms with Gasteiger partial charge < -0.3 is 4.90 Å². The second kappa shape index (κ2) is 6.08. The molecule has 7 nitrogen and oxygen atoms in total. The van der Waals surface area contributed by atoms with Crippen LogP contribution in [0.3, 0.4) is 0 Å². The van der Waals surface area contributed by atoms with Crippen LogP contribution >= 0.6 is 0 Å². The van der Waals surface area contributed by atoms with Gasteiger partial charge in [0, 0.05) is 36.7 Å². The zero-order valence-corrected chi connectivity index (χ0v) is 13.8. The molecule has 0 spiro atoms. The quantitative estimate of drug-likeness (QED) is 0.540. The molecule has 1 aromatic carbocycles. The number of nitrogens with zero attached hydrogens (tertiary/aromatic N) is 5. The van der Waals surface area contributed by atoms with Crippen molar-refractivity contribution < 1.29 is 4.92 Å². The fourth-order valence-corrected chi connectivity index (χ4v) is 3.10. The van der Waals surface area contributed by atoms with Gasteiger partial charge in [-0.3, -0.25) is 10.1 Å². The number of hydrogen-bond donors (Lipinski definition) is 0. The molecule has 0 radical (unpaired) electrons. The number of rotatable bonds is 3. The van der Waals surface area contributed by atoms with Gasteiger partial charge in [0.25, 0.3) is 5.69 Å². The molecule has 0 bridgehead atoms. The van der Waals surface area contributed by atoms with Gasteiger partial charge in [-0.05, 0) is 30.2 Å². The van der Waals surface area contributed by atoms with E-state index in [1.54, 1.807) is 12.1 Å². The van der Waals surface area contributed by atoms with Crippen LogP contribution in [0.5, 0.6) is 0 Å². The van der Waals surface area contributed by atoms with Crippen LogP contribution in [0.15, 0.2) is 36.5 Å². The van der Waals surface area contributed by atoms with Crippen LogP contribution in [-0.4, -0.2) is 26.4 Å². The van der Waals surface area contributed by atoms with Crippen molar-refractivity contribution in [3.8, 4) is 0 Å². The number of non-ortho nitro benzene ring substituents is 1. The summed E-state index contributed by atoms with van der Waals surface area (Å²) >= 11 is 0. The Bertz CT molecular complexity index is 973. The van der Waals surface area contributed by atoms with Crippen LogP contribution in [0.2, 0.25) is 0 Å². The maximum Gasteiger partial charge on any atom is 0.270 e. The highest BCUT2D eigenvalue weighted by Crippen LogP contribution is 2.26. The Balaban J connectivity index is 1.65. The Kier molecular flexibility index (Phi) is 3.76. The molecule has 0 unspecified atom stereocenters. The lowest BCUT2D eigenvalue weighted by Gasteiger charge is -2.29. The predicted molar refractivity (Wildman–Crippen MR) is 94.6 cm³/mol. The lowest BCUT2D eigenvalue weighted by Crippen LogP contribution is -2.32. The summed E-state index contributed by atoms with van der Waals surface area (Å²) in [6.07, 6.45) is 3.64. The van der Waals surface area contributed by atoms with Crippen LogP contribution in [-0.2, 0) is 19.4 Å². The molecule has 1 aliphatic rings. The normalized spacial score (nSPS) is 13.7. The fraction of sp³-hybridized carbons (Fsp3) is 0.278. The number of pyridine rings is 1. The third-order valence-electron chi connectivity index (χ3n) is 4.50. The van der Waals surface area contributed by atoms with E-state index in [1.807, 2.05) is 25.3 Å². The fourth-order valence-electron chi connectivity index (χ4n) is 3.10. The first-order chi connectivity index (χ1) is 12.1. The van der Waals surface area contributed by atoms with E-state index < -0.39 is 0 Å². The predicted octanol–water partition coefficient (Wildman–Crippen LogP) is 3.06. The van der Waals surface area contributed by atoms with E-state index in [2.05, 4.69) is 19.9 Å². The lowest BCUT2D eigenvalue weighted by molar-refractivity contribution is -0.384. The largest absolute Gasteiger partial charge is 0.350 e. The van der Waals surface area contributed by atoms with E-state index in [4.69, 9.17) is 0 Å². The minimum atomic E-state index is -0.389. The van der Waals surface area contributed by atoms with Crippen LogP contribution in [0.4, 0.5) is 11.5 Å². The van der Waals surface area contributed by atoms with Gasteiger partial charge in [-0.2, -0.15) is 0 Å². The number of aryl methyl sites for hydroxylation is 1. The molecule has 7 heteroatoms. The molecule has 0 amide bonds. The van der Waals surface area contributed by atoms with Crippen molar-refractivity contribution in [3.05, 3.63) is 63.7 Å². The first-order valence-corrected chi connectivity index (χ1v) is 8.28. The van der Waals surface area contributed by atoms with Crippen molar-refractivity contribution in [2.75, 3.05) is 11.4 Å². The molecule has 2 aromatic heterocycles. The number of nitro groups is 1. The van der Waals surface area contributed by atoms with Crippen molar-refractivity contribution in [2.45, 2.75) is 26.3 Å². The summed E-state index contributed by atoms with van der Waals surface area (Å²) in [5.74, 6) is 1.73. The molecular weight excluding hydrogens is 318 g/mol. The summed E-state index contributed by atoms with van der Waals surface area (Å²) in [5, 5.41) is 11.7. The number of nitro benzene ring substituents is 1. The Morgan fingerprint density at radius 1 is 1.24 bits per heavy atom. The second-order valence-corrected chi connectivity index (χ2v) is 6.09. The standard InChI is InChI=1S/C18H17N5O2/c1-2-17-19-10-13-7-8-22(11-16(13)20-17)18-6-3-12-9-14(23(24)25)4-5-15(12)21-18/h3-6,9-10H,2,7-8,11H2,1H3. The van der Waals surface area contributed by atoms with Crippen molar-refractivity contribution >= 4 is 22.4 Å². The van der Waals surface area contributed by atoms with E-state index in [1.165, 1.54) is 11.6 Å². The number of fused-ring (bicyclic) bond motifs is 2. The molecule has 0 aliphatic carbocycles. The van der Waals surface area contributed by atoms with Crippen molar-refractivity contribution in [2.24, 2.45) is 0 Å². The summed E-state index contributed by atoms with van der Waals surface area (Å²) in [6, 6.07) is 8.55. The zero-order chi connectivity index (χ0) is 17.4.